The molecule has 0 radical (unpaired) electrons. The molecule has 0 saturated heterocycles. The molecule has 0 amide bonds. The van der Waals surface area contributed by atoms with Gasteiger partial charge in [-0.25, -0.2) is 9.37 Å². The Hall–Kier alpha value is -3.72. The highest BCUT2D eigenvalue weighted by atomic mass is 19.1. The van der Waals surface area contributed by atoms with Crippen LogP contribution in [0.2, 0.25) is 0 Å². The van der Waals surface area contributed by atoms with Crippen LogP contribution in [-0.2, 0) is 19.4 Å². The minimum absolute atomic E-state index is 0.209. The lowest BCUT2D eigenvalue weighted by atomic mass is 9.80. The third-order valence-corrected chi connectivity index (χ3v) is 7.01. The fraction of sp³-hybridized carbons (Fsp3) is 0.194. The average molecular weight is 448 g/mol. The first-order chi connectivity index (χ1) is 16.7. The van der Waals surface area contributed by atoms with E-state index >= 15 is 0 Å². The summed E-state index contributed by atoms with van der Waals surface area (Å²) in [6, 6.07) is 27.7. The fourth-order valence-corrected chi connectivity index (χ4v) is 5.21. The van der Waals surface area contributed by atoms with Crippen molar-refractivity contribution in [1.82, 2.24) is 4.98 Å². The van der Waals surface area contributed by atoms with Crippen molar-refractivity contribution in [1.29, 1.82) is 0 Å². The fourth-order valence-electron chi connectivity index (χ4n) is 5.21. The Bertz CT molecular complexity index is 1510. The minimum Gasteiger partial charge on any atom is -0.489 e. The number of halogens is 1. The molecule has 5 aromatic rings. The molecule has 0 bridgehead atoms. The van der Waals surface area contributed by atoms with E-state index in [9.17, 15) is 4.39 Å². The van der Waals surface area contributed by atoms with Gasteiger partial charge in [0.05, 0.1) is 11.2 Å². The molecule has 0 N–H and O–H groups in total. The predicted molar refractivity (Wildman–Crippen MR) is 137 cm³/mol. The Morgan fingerprint density at radius 2 is 1.68 bits per heavy atom. The number of aromatic nitrogens is 1. The highest BCUT2D eigenvalue weighted by Gasteiger charge is 2.23. The van der Waals surface area contributed by atoms with Gasteiger partial charge in [0.2, 0.25) is 0 Å². The summed E-state index contributed by atoms with van der Waals surface area (Å²) in [7, 11) is 0. The highest BCUT2D eigenvalue weighted by molar-refractivity contribution is 6.09. The topological polar surface area (TPSA) is 22.1 Å². The van der Waals surface area contributed by atoms with Crippen molar-refractivity contribution in [3.8, 4) is 17.0 Å². The molecular formula is C31H26FNO. The summed E-state index contributed by atoms with van der Waals surface area (Å²) in [5, 5.41) is 3.87. The number of rotatable bonds is 4. The SMILES string of the molecule is C[C@@H]1CCc2c(c(-c3ccc(OCc4ccccc4F)cc3)nc3ccc4ccccc4c23)C1. The number of fused-ring (bicyclic) bond motifs is 5. The van der Waals surface area contributed by atoms with Gasteiger partial charge in [-0.1, -0.05) is 55.5 Å². The molecule has 0 saturated carbocycles. The molecule has 168 valence electrons. The zero-order valence-corrected chi connectivity index (χ0v) is 19.2. The largest absolute Gasteiger partial charge is 0.489 e. The number of benzene rings is 4. The average Bonchev–Trinajstić information content (AvgIpc) is 2.87. The van der Waals surface area contributed by atoms with Crippen LogP contribution in [0, 0.1) is 11.7 Å². The second kappa shape index (κ2) is 8.57. The zero-order chi connectivity index (χ0) is 23.1. The number of hydrogen-bond acceptors (Lipinski definition) is 2. The van der Waals surface area contributed by atoms with Crippen LogP contribution < -0.4 is 4.74 Å². The first kappa shape index (κ1) is 20.9. The van der Waals surface area contributed by atoms with Crippen LogP contribution in [0.5, 0.6) is 5.75 Å². The Morgan fingerprint density at radius 1 is 0.882 bits per heavy atom. The van der Waals surface area contributed by atoms with Gasteiger partial charge >= 0.3 is 0 Å². The molecule has 4 aromatic carbocycles. The quantitative estimate of drug-likeness (QED) is 0.261. The monoisotopic (exact) mass is 447 g/mol. The second-order valence-electron chi connectivity index (χ2n) is 9.35. The summed E-state index contributed by atoms with van der Waals surface area (Å²) in [5.74, 6) is 1.12. The van der Waals surface area contributed by atoms with E-state index in [1.54, 1.807) is 12.1 Å². The number of aryl methyl sites for hydroxylation is 1. The van der Waals surface area contributed by atoms with E-state index in [0.717, 1.165) is 35.4 Å². The minimum atomic E-state index is -0.243. The Morgan fingerprint density at radius 3 is 2.53 bits per heavy atom. The normalized spacial score (nSPS) is 15.4. The van der Waals surface area contributed by atoms with Crippen LogP contribution in [0.25, 0.3) is 32.9 Å². The third kappa shape index (κ3) is 3.71. The van der Waals surface area contributed by atoms with E-state index in [1.807, 2.05) is 18.2 Å². The molecule has 1 aliphatic carbocycles. The van der Waals surface area contributed by atoms with Crippen LogP contribution in [0.3, 0.4) is 0 Å². The van der Waals surface area contributed by atoms with E-state index in [0.29, 0.717) is 11.5 Å². The molecule has 1 aliphatic rings. The van der Waals surface area contributed by atoms with E-state index in [1.165, 1.54) is 39.8 Å². The number of nitrogens with zero attached hydrogens (tertiary/aromatic N) is 1. The molecule has 0 aliphatic heterocycles. The first-order valence-electron chi connectivity index (χ1n) is 12.0. The van der Waals surface area contributed by atoms with E-state index in [4.69, 9.17) is 9.72 Å². The number of pyridine rings is 1. The smallest absolute Gasteiger partial charge is 0.129 e. The standard InChI is InChI=1S/C31H26FNO/c1-20-10-16-26-27(18-20)31(33-29-17-13-21-6-2-4-8-25(21)30(26)29)22-11-14-24(15-12-22)34-19-23-7-3-5-9-28(23)32/h2-9,11-15,17,20H,10,16,18-19H2,1H3/t20-/m1/s1. The van der Waals surface area contributed by atoms with Gasteiger partial charge in [-0.3, -0.25) is 0 Å². The lowest BCUT2D eigenvalue weighted by Crippen LogP contribution is -2.14. The molecule has 0 spiro atoms. The van der Waals surface area contributed by atoms with E-state index < -0.39 is 0 Å². The lowest BCUT2D eigenvalue weighted by Gasteiger charge is -2.26. The Balaban J connectivity index is 1.40. The highest BCUT2D eigenvalue weighted by Crippen LogP contribution is 2.39. The Kier molecular flexibility index (Phi) is 5.26. The molecule has 0 unspecified atom stereocenters. The van der Waals surface area contributed by atoms with Crippen molar-refractivity contribution in [2.45, 2.75) is 32.8 Å². The van der Waals surface area contributed by atoms with Gasteiger partial charge in [0.25, 0.3) is 0 Å². The molecule has 2 nitrogen and oxygen atoms in total. The van der Waals surface area contributed by atoms with E-state index in [-0.39, 0.29) is 12.4 Å². The van der Waals surface area contributed by atoms with Crippen molar-refractivity contribution in [3.63, 3.8) is 0 Å². The number of ether oxygens (including phenoxy) is 1. The van der Waals surface area contributed by atoms with Gasteiger partial charge in [-0.15, -0.1) is 0 Å². The maximum atomic E-state index is 13.9. The molecule has 1 aromatic heterocycles. The van der Waals surface area contributed by atoms with Gasteiger partial charge in [-0.05, 0) is 83.5 Å². The summed E-state index contributed by atoms with van der Waals surface area (Å²) >= 11 is 0. The summed E-state index contributed by atoms with van der Waals surface area (Å²) in [6.45, 7) is 2.54. The Labute approximate surface area is 199 Å². The molecule has 6 rings (SSSR count). The van der Waals surface area contributed by atoms with Crippen molar-refractivity contribution in [2.24, 2.45) is 5.92 Å². The van der Waals surface area contributed by atoms with E-state index in [2.05, 4.69) is 55.5 Å². The predicted octanol–water partition coefficient (Wildman–Crippen LogP) is 7.90. The second-order valence-corrected chi connectivity index (χ2v) is 9.35. The molecule has 0 fully saturated rings. The van der Waals surface area contributed by atoms with Gasteiger partial charge in [0.1, 0.15) is 18.2 Å². The summed E-state index contributed by atoms with van der Waals surface area (Å²) in [4.78, 5) is 5.19. The van der Waals surface area contributed by atoms with Crippen LogP contribution in [-0.4, -0.2) is 4.98 Å². The van der Waals surface area contributed by atoms with Crippen LogP contribution in [0.15, 0.2) is 84.9 Å². The number of hydrogen-bond donors (Lipinski definition) is 0. The third-order valence-electron chi connectivity index (χ3n) is 7.01. The van der Waals surface area contributed by atoms with Gasteiger partial charge in [-0.2, -0.15) is 0 Å². The summed E-state index contributed by atoms with van der Waals surface area (Å²) in [5.41, 5.74) is 6.61. The molecule has 34 heavy (non-hydrogen) atoms. The molecule has 1 atom stereocenters. The molecule has 3 heteroatoms. The summed E-state index contributed by atoms with van der Waals surface area (Å²) < 4.78 is 19.8. The van der Waals surface area contributed by atoms with Crippen molar-refractivity contribution in [3.05, 3.63) is 107 Å². The van der Waals surface area contributed by atoms with Crippen LogP contribution in [0.4, 0.5) is 4.39 Å². The maximum absolute atomic E-state index is 13.9. The maximum Gasteiger partial charge on any atom is 0.129 e. The van der Waals surface area contributed by atoms with Crippen LogP contribution in [0.1, 0.15) is 30.0 Å². The van der Waals surface area contributed by atoms with Crippen LogP contribution >= 0.6 is 0 Å². The van der Waals surface area contributed by atoms with Crippen molar-refractivity contribution >= 4 is 21.7 Å². The van der Waals surface area contributed by atoms with Crippen molar-refractivity contribution in [2.75, 3.05) is 0 Å². The van der Waals surface area contributed by atoms with Gasteiger partial charge < -0.3 is 4.74 Å². The van der Waals surface area contributed by atoms with Gasteiger partial charge in [0.15, 0.2) is 0 Å². The van der Waals surface area contributed by atoms with Gasteiger partial charge in [0, 0.05) is 16.5 Å². The summed E-state index contributed by atoms with van der Waals surface area (Å²) in [6.07, 6.45) is 3.33. The zero-order valence-electron chi connectivity index (χ0n) is 19.2. The van der Waals surface area contributed by atoms with Crippen molar-refractivity contribution < 1.29 is 9.13 Å². The molecule has 1 heterocycles. The molecular weight excluding hydrogens is 421 g/mol. The first-order valence-corrected chi connectivity index (χ1v) is 12.0. The lowest BCUT2D eigenvalue weighted by molar-refractivity contribution is 0.300.